The van der Waals surface area contributed by atoms with Gasteiger partial charge in [-0.05, 0) is 6.42 Å². The third kappa shape index (κ3) is 2.57. The van der Waals surface area contributed by atoms with Gasteiger partial charge in [0.05, 0.1) is 10.2 Å². The van der Waals surface area contributed by atoms with E-state index in [-0.39, 0.29) is 0 Å². The summed E-state index contributed by atoms with van der Waals surface area (Å²) in [6.45, 7) is 4.02. The van der Waals surface area contributed by atoms with Gasteiger partial charge in [-0.3, -0.25) is 0 Å². The molecule has 0 aliphatic carbocycles. The van der Waals surface area contributed by atoms with Gasteiger partial charge in [0.15, 0.2) is 0 Å². The minimum atomic E-state index is 0.326. The van der Waals surface area contributed by atoms with Crippen LogP contribution in [-0.2, 0) is 4.79 Å². The summed E-state index contributed by atoms with van der Waals surface area (Å²) in [5.41, 5.74) is 0. The first-order chi connectivity index (χ1) is 3.18. The van der Waals surface area contributed by atoms with Crippen LogP contribution < -0.4 is 0 Å². The van der Waals surface area contributed by atoms with Crippen LogP contribution in [0.15, 0.2) is 0 Å². The predicted molar refractivity (Wildman–Crippen MR) is 34.4 cm³/mol. The number of rotatable bonds is 2. The van der Waals surface area contributed by atoms with Crippen molar-refractivity contribution in [2.45, 2.75) is 20.3 Å². The normalized spacial score (nSPS) is 14.0. The van der Waals surface area contributed by atoms with Crippen LogP contribution in [0.3, 0.4) is 0 Å². The van der Waals surface area contributed by atoms with Crippen molar-refractivity contribution in [3.8, 4) is 0 Å². The lowest BCUT2D eigenvalue weighted by Gasteiger charge is -1.98. The van der Waals surface area contributed by atoms with Gasteiger partial charge >= 0.3 is 0 Å². The van der Waals surface area contributed by atoms with Gasteiger partial charge in [0.1, 0.15) is 5.41 Å². The third-order valence-corrected chi connectivity index (χ3v) is 2.29. The van der Waals surface area contributed by atoms with E-state index in [1.165, 1.54) is 0 Å². The van der Waals surface area contributed by atoms with Gasteiger partial charge in [0, 0.05) is 5.92 Å². The molecule has 0 heterocycles. The molecule has 0 aromatic rings. The maximum absolute atomic E-state index is 10.4. The largest absolute Gasteiger partial charge is 0.306 e. The fourth-order valence-electron chi connectivity index (χ4n) is 0.287. The molecule has 0 aliphatic heterocycles. The average Bonchev–Trinajstić information content (AvgIpc) is 1.65. The molecule has 0 N–H and O–H groups in total. The molecule has 0 saturated heterocycles. The fourth-order valence-corrected chi connectivity index (χ4v) is 0.696. The lowest BCUT2D eigenvalue weighted by molar-refractivity contribution is -0.114. The Balaban J connectivity index is 3.34. The van der Waals surface area contributed by atoms with Crippen LogP contribution in [-0.4, -0.2) is 15.6 Å². The highest BCUT2D eigenvalue weighted by Gasteiger charge is 2.00. The van der Waals surface area contributed by atoms with E-state index < -0.39 is 0 Å². The molecule has 2 heteroatoms. The average molecular weight is 116 g/mol. The van der Waals surface area contributed by atoms with E-state index in [1.54, 1.807) is 0 Å². The summed E-state index contributed by atoms with van der Waals surface area (Å²) < 4.78 is 0. The van der Waals surface area contributed by atoms with E-state index >= 15 is 0 Å². The van der Waals surface area contributed by atoms with Crippen LogP contribution >= 0.6 is 0 Å². The predicted octanol–water partition coefficient (Wildman–Crippen LogP) is -0.0755. The van der Waals surface area contributed by atoms with E-state index in [0.717, 1.165) is 16.7 Å². The summed E-state index contributed by atoms with van der Waals surface area (Å²) >= 11 is 0. The molecular formula is C5H12OSi. The topological polar surface area (TPSA) is 17.1 Å². The molecule has 1 atom stereocenters. The molecule has 0 amide bonds. The first-order valence-corrected chi connectivity index (χ1v) is 3.69. The Kier molecular flexibility index (Phi) is 2.92. The number of hydrogen-bond acceptors (Lipinski definition) is 1. The lowest BCUT2D eigenvalue weighted by Crippen LogP contribution is -2.07. The van der Waals surface area contributed by atoms with Crippen LogP contribution in [0.25, 0.3) is 0 Å². The molecule has 0 saturated carbocycles. The Bertz CT molecular complexity index is 70.5. The van der Waals surface area contributed by atoms with Crippen LogP contribution in [0.4, 0.5) is 0 Å². The minimum Gasteiger partial charge on any atom is -0.306 e. The zero-order chi connectivity index (χ0) is 5.86. The van der Waals surface area contributed by atoms with E-state index in [9.17, 15) is 4.79 Å². The summed E-state index contributed by atoms with van der Waals surface area (Å²) in [5.74, 6) is 0.326. The Hall–Kier alpha value is -0.113. The SMILES string of the molecule is CCC(C)C(=O)[SiH3]. The standard InChI is InChI=1S/C5H12OSi/c1-3-4(2)5(6)7/h4H,3H2,1-2,7H3. The van der Waals surface area contributed by atoms with Crippen molar-refractivity contribution in [2.75, 3.05) is 0 Å². The van der Waals surface area contributed by atoms with E-state index in [2.05, 4.69) is 0 Å². The van der Waals surface area contributed by atoms with Gasteiger partial charge in [-0.25, -0.2) is 0 Å². The highest BCUT2D eigenvalue weighted by atomic mass is 28.1. The second-order valence-corrected chi connectivity index (χ2v) is 2.91. The molecule has 0 rings (SSSR count). The summed E-state index contributed by atoms with van der Waals surface area (Å²) in [6, 6.07) is 0. The number of hydrogen-bond donors (Lipinski definition) is 0. The minimum absolute atomic E-state index is 0.326. The Labute approximate surface area is 47.5 Å². The van der Waals surface area contributed by atoms with Crippen LogP contribution in [0.5, 0.6) is 0 Å². The van der Waals surface area contributed by atoms with Crippen LogP contribution in [0, 0.1) is 5.92 Å². The molecule has 0 fully saturated rings. The van der Waals surface area contributed by atoms with Crippen molar-refractivity contribution in [2.24, 2.45) is 5.92 Å². The zero-order valence-corrected chi connectivity index (χ0v) is 7.19. The molecular weight excluding hydrogens is 104 g/mol. The molecule has 1 nitrogen and oxygen atoms in total. The first-order valence-electron chi connectivity index (χ1n) is 2.69. The summed E-state index contributed by atoms with van der Waals surface area (Å²) in [4.78, 5) is 10.4. The Morgan fingerprint density at radius 1 is 1.86 bits per heavy atom. The monoisotopic (exact) mass is 116 g/mol. The number of carbonyl (C=O) groups excluding carboxylic acids is 1. The van der Waals surface area contributed by atoms with Crippen LogP contribution in [0.1, 0.15) is 20.3 Å². The van der Waals surface area contributed by atoms with Gasteiger partial charge in [0.25, 0.3) is 0 Å². The number of carbonyl (C=O) groups is 1. The van der Waals surface area contributed by atoms with Crippen molar-refractivity contribution >= 4 is 15.6 Å². The molecule has 7 heavy (non-hydrogen) atoms. The molecule has 0 aromatic carbocycles. The maximum atomic E-state index is 10.4. The summed E-state index contributed by atoms with van der Waals surface area (Å²) in [5, 5.41) is 0.433. The second kappa shape index (κ2) is 2.96. The lowest BCUT2D eigenvalue weighted by atomic mass is 10.1. The Morgan fingerprint density at radius 3 is 2.29 bits per heavy atom. The summed E-state index contributed by atoms with van der Waals surface area (Å²) in [6.07, 6.45) is 1.00. The molecule has 0 radical (unpaired) electrons. The second-order valence-electron chi connectivity index (χ2n) is 1.92. The van der Waals surface area contributed by atoms with Gasteiger partial charge in [-0.1, -0.05) is 13.8 Å². The highest BCUT2D eigenvalue weighted by Crippen LogP contribution is 1.97. The smallest absolute Gasteiger partial charge is 0.103 e. The van der Waals surface area contributed by atoms with Crippen molar-refractivity contribution in [1.29, 1.82) is 0 Å². The molecule has 1 unspecified atom stereocenters. The maximum Gasteiger partial charge on any atom is 0.103 e. The van der Waals surface area contributed by atoms with E-state index in [1.807, 2.05) is 13.8 Å². The molecule has 42 valence electrons. The Morgan fingerprint density at radius 2 is 2.29 bits per heavy atom. The van der Waals surface area contributed by atoms with Crippen LogP contribution in [0.2, 0.25) is 0 Å². The van der Waals surface area contributed by atoms with Crippen molar-refractivity contribution in [1.82, 2.24) is 0 Å². The van der Waals surface area contributed by atoms with E-state index in [0.29, 0.717) is 11.3 Å². The molecule has 0 aliphatic rings. The first kappa shape index (κ1) is 6.89. The van der Waals surface area contributed by atoms with Gasteiger partial charge < -0.3 is 4.79 Å². The van der Waals surface area contributed by atoms with Crippen molar-refractivity contribution < 1.29 is 4.79 Å². The van der Waals surface area contributed by atoms with Gasteiger partial charge in [-0.2, -0.15) is 0 Å². The van der Waals surface area contributed by atoms with Gasteiger partial charge in [0.2, 0.25) is 0 Å². The van der Waals surface area contributed by atoms with E-state index in [4.69, 9.17) is 0 Å². The zero-order valence-electron chi connectivity index (χ0n) is 5.19. The summed E-state index contributed by atoms with van der Waals surface area (Å²) in [7, 11) is 0.724. The third-order valence-electron chi connectivity index (χ3n) is 1.31. The molecule has 0 spiro atoms. The highest BCUT2D eigenvalue weighted by molar-refractivity contribution is 6.58. The quantitative estimate of drug-likeness (QED) is 0.461. The fraction of sp³-hybridized carbons (Fsp3) is 0.800. The molecule has 0 bridgehead atoms. The van der Waals surface area contributed by atoms with Gasteiger partial charge in [-0.15, -0.1) is 0 Å². The van der Waals surface area contributed by atoms with Crippen molar-refractivity contribution in [3.05, 3.63) is 0 Å². The molecule has 0 aromatic heterocycles. The van der Waals surface area contributed by atoms with Crippen molar-refractivity contribution in [3.63, 3.8) is 0 Å².